The molecular formula is C28H30O2. The van der Waals surface area contributed by atoms with E-state index in [-0.39, 0.29) is 11.2 Å². The average Bonchev–Trinajstić information content (AvgIpc) is 3.19. The van der Waals surface area contributed by atoms with Crippen LogP contribution in [0.2, 0.25) is 0 Å². The molecule has 0 N–H and O–H groups in total. The van der Waals surface area contributed by atoms with Crippen LogP contribution in [0.5, 0.6) is 11.5 Å². The Bertz CT molecular complexity index is 1050. The van der Waals surface area contributed by atoms with Crippen molar-refractivity contribution in [3.63, 3.8) is 0 Å². The number of hydrogen-bond acceptors (Lipinski definition) is 2. The van der Waals surface area contributed by atoms with Crippen molar-refractivity contribution in [2.45, 2.75) is 65.6 Å². The minimum absolute atomic E-state index is 0.326. The fourth-order valence-corrected chi connectivity index (χ4v) is 4.86. The third kappa shape index (κ3) is 2.93. The number of benzene rings is 3. The second kappa shape index (κ2) is 6.38. The van der Waals surface area contributed by atoms with Gasteiger partial charge in [-0.2, -0.15) is 0 Å². The summed E-state index contributed by atoms with van der Waals surface area (Å²) in [5.41, 5.74) is 9.54. The van der Waals surface area contributed by atoms with Crippen LogP contribution in [0.15, 0.2) is 48.5 Å². The van der Waals surface area contributed by atoms with E-state index in [9.17, 15) is 0 Å². The molecule has 0 unspecified atom stereocenters. The van der Waals surface area contributed by atoms with Crippen molar-refractivity contribution in [3.05, 3.63) is 93.0 Å². The number of fused-ring (bicyclic) bond motifs is 2. The van der Waals surface area contributed by atoms with Gasteiger partial charge in [-0.15, -0.1) is 0 Å². The summed E-state index contributed by atoms with van der Waals surface area (Å²) in [4.78, 5) is 0. The molecule has 30 heavy (non-hydrogen) atoms. The van der Waals surface area contributed by atoms with Crippen LogP contribution in [-0.2, 0) is 24.0 Å². The van der Waals surface area contributed by atoms with E-state index in [2.05, 4.69) is 90.1 Å². The lowest BCUT2D eigenvalue weighted by molar-refractivity contribution is 0.114. The van der Waals surface area contributed by atoms with Gasteiger partial charge in [0.25, 0.3) is 0 Å². The topological polar surface area (TPSA) is 18.5 Å². The first kappa shape index (κ1) is 19.2. The molecule has 2 atom stereocenters. The van der Waals surface area contributed by atoms with Gasteiger partial charge >= 0.3 is 0 Å². The molecule has 3 aromatic carbocycles. The molecule has 0 saturated heterocycles. The highest BCUT2D eigenvalue weighted by atomic mass is 16.5. The minimum atomic E-state index is -0.326. The summed E-state index contributed by atoms with van der Waals surface area (Å²) in [5, 5.41) is 0. The van der Waals surface area contributed by atoms with E-state index in [1.54, 1.807) is 0 Å². The van der Waals surface area contributed by atoms with Crippen LogP contribution in [0, 0.1) is 27.7 Å². The minimum Gasteiger partial charge on any atom is -0.482 e. The Morgan fingerprint density at radius 3 is 1.33 bits per heavy atom. The molecule has 0 radical (unpaired) electrons. The van der Waals surface area contributed by atoms with Crippen molar-refractivity contribution in [2.75, 3.05) is 0 Å². The molecule has 5 rings (SSSR count). The molecule has 2 heterocycles. The van der Waals surface area contributed by atoms with Crippen LogP contribution in [0.1, 0.15) is 58.4 Å². The Morgan fingerprint density at radius 2 is 0.967 bits per heavy atom. The molecule has 154 valence electrons. The Morgan fingerprint density at radius 1 is 0.567 bits per heavy atom. The Balaban J connectivity index is 1.45. The highest BCUT2D eigenvalue weighted by molar-refractivity contribution is 5.54. The van der Waals surface area contributed by atoms with E-state index in [4.69, 9.17) is 9.47 Å². The second-order valence-corrected chi connectivity index (χ2v) is 9.69. The fraction of sp³-hybridized carbons (Fsp3) is 0.357. The van der Waals surface area contributed by atoms with Gasteiger partial charge in [-0.25, -0.2) is 0 Å². The smallest absolute Gasteiger partial charge is 0.135 e. The van der Waals surface area contributed by atoms with Gasteiger partial charge < -0.3 is 9.47 Å². The van der Waals surface area contributed by atoms with E-state index in [1.165, 1.54) is 44.5 Å². The number of hydrogen-bond donors (Lipinski definition) is 0. The molecule has 0 bridgehead atoms. The van der Waals surface area contributed by atoms with Gasteiger partial charge in [-0.05, 0) is 87.1 Å². The molecule has 3 aromatic rings. The lowest BCUT2D eigenvalue weighted by Gasteiger charge is -2.26. The monoisotopic (exact) mass is 398 g/mol. The first-order chi connectivity index (χ1) is 14.2. The SMILES string of the molecule is Cc1ccc([C@]2(C)Cc3cc4c(cc3O2)C[C@@](C)(c2ccc(C)c(C)c2)O4)cc1C. The van der Waals surface area contributed by atoms with E-state index < -0.39 is 0 Å². The van der Waals surface area contributed by atoms with Gasteiger partial charge in [0.05, 0.1) is 0 Å². The molecule has 0 saturated carbocycles. The molecule has 2 nitrogen and oxygen atoms in total. The molecule has 0 spiro atoms. The standard InChI is InChI=1S/C28H30O2/c1-17-7-9-23(11-19(17)3)27(5)15-21-13-26-22(14-25(21)29-27)16-28(6,30-26)24-10-8-18(2)20(4)12-24/h7-14H,15-16H2,1-6H3/t27-,28-/m0/s1. The Labute approximate surface area is 179 Å². The quantitative estimate of drug-likeness (QED) is 0.483. The van der Waals surface area contributed by atoms with E-state index in [0.717, 1.165) is 24.3 Å². The summed E-state index contributed by atoms with van der Waals surface area (Å²) in [6, 6.07) is 17.8. The van der Waals surface area contributed by atoms with Gasteiger partial charge in [-0.3, -0.25) is 0 Å². The summed E-state index contributed by atoms with van der Waals surface area (Å²) in [6.07, 6.45) is 1.73. The van der Waals surface area contributed by atoms with Crippen LogP contribution in [0.4, 0.5) is 0 Å². The van der Waals surface area contributed by atoms with Gasteiger partial charge in [0, 0.05) is 24.0 Å². The first-order valence-corrected chi connectivity index (χ1v) is 10.9. The van der Waals surface area contributed by atoms with Crippen molar-refractivity contribution < 1.29 is 9.47 Å². The zero-order valence-corrected chi connectivity index (χ0v) is 18.8. The maximum Gasteiger partial charge on any atom is 0.135 e. The molecular weight excluding hydrogens is 368 g/mol. The third-order valence-corrected chi connectivity index (χ3v) is 7.20. The molecule has 2 heteroatoms. The number of aryl methyl sites for hydroxylation is 4. The van der Waals surface area contributed by atoms with Crippen molar-refractivity contribution >= 4 is 0 Å². The normalized spacial score (nSPS) is 24.2. The van der Waals surface area contributed by atoms with E-state index >= 15 is 0 Å². The van der Waals surface area contributed by atoms with Crippen molar-refractivity contribution in [1.29, 1.82) is 0 Å². The first-order valence-electron chi connectivity index (χ1n) is 10.9. The largest absolute Gasteiger partial charge is 0.482 e. The van der Waals surface area contributed by atoms with Gasteiger partial charge in [-0.1, -0.05) is 36.4 Å². The van der Waals surface area contributed by atoms with Gasteiger partial charge in [0.15, 0.2) is 0 Å². The van der Waals surface area contributed by atoms with Crippen LogP contribution in [0.25, 0.3) is 0 Å². The molecule has 0 aromatic heterocycles. The lowest BCUT2D eigenvalue weighted by atomic mass is 9.88. The van der Waals surface area contributed by atoms with Gasteiger partial charge in [0.2, 0.25) is 0 Å². The van der Waals surface area contributed by atoms with Crippen LogP contribution in [0.3, 0.4) is 0 Å². The lowest BCUT2D eigenvalue weighted by Crippen LogP contribution is -2.27. The molecule has 2 aliphatic heterocycles. The zero-order chi connectivity index (χ0) is 21.3. The highest BCUT2D eigenvalue weighted by Crippen LogP contribution is 2.49. The molecule has 0 amide bonds. The number of ether oxygens (including phenoxy) is 2. The summed E-state index contributed by atoms with van der Waals surface area (Å²) >= 11 is 0. The van der Waals surface area contributed by atoms with Gasteiger partial charge in [0.1, 0.15) is 22.7 Å². The van der Waals surface area contributed by atoms with E-state index in [1.807, 2.05) is 0 Å². The Hall–Kier alpha value is -2.74. The number of rotatable bonds is 2. The maximum atomic E-state index is 6.55. The highest BCUT2D eigenvalue weighted by Gasteiger charge is 2.41. The summed E-state index contributed by atoms with van der Waals surface area (Å²) in [5.74, 6) is 2.00. The molecule has 0 aliphatic carbocycles. The fourth-order valence-electron chi connectivity index (χ4n) is 4.86. The van der Waals surface area contributed by atoms with Crippen molar-refractivity contribution in [1.82, 2.24) is 0 Å². The molecule has 2 aliphatic rings. The molecule has 0 fully saturated rings. The van der Waals surface area contributed by atoms with Crippen LogP contribution in [-0.4, -0.2) is 0 Å². The maximum absolute atomic E-state index is 6.55. The van der Waals surface area contributed by atoms with Crippen molar-refractivity contribution in [3.8, 4) is 11.5 Å². The predicted molar refractivity (Wildman–Crippen MR) is 122 cm³/mol. The Kier molecular flexibility index (Phi) is 4.09. The summed E-state index contributed by atoms with van der Waals surface area (Å²) in [7, 11) is 0. The average molecular weight is 399 g/mol. The van der Waals surface area contributed by atoms with Crippen LogP contribution < -0.4 is 9.47 Å². The van der Waals surface area contributed by atoms with E-state index in [0.29, 0.717) is 0 Å². The summed E-state index contributed by atoms with van der Waals surface area (Å²) in [6.45, 7) is 13.0. The zero-order valence-electron chi connectivity index (χ0n) is 18.8. The second-order valence-electron chi connectivity index (χ2n) is 9.69. The van der Waals surface area contributed by atoms with Crippen molar-refractivity contribution in [2.24, 2.45) is 0 Å². The van der Waals surface area contributed by atoms with Crippen LogP contribution >= 0.6 is 0 Å². The summed E-state index contributed by atoms with van der Waals surface area (Å²) < 4.78 is 13.1. The predicted octanol–water partition coefficient (Wildman–Crippen LogP) is 6.62. The third-order valence-electron chi connectivity index (χ3n) is 7.20.